The monoisotopic (exact) mass is 346 g/mol. The first-order valence-electron chi connectivity index (χ1n) is 8.33. The van der Waals surface area contributed by atoms with Crippen LogP contribution in [0.15, 0.2) is 6.20 Å². The van der Waals surface area contributed by atoms with Crippen molar-refractivity contribution in [2.24, 2.45) is 7.05 Å². The third-order valence-electron chi connectivity index (χ3n) is 4.30. The fourth-order valence-electron chi connectivity index (χ4n) is 2.84. The summed E-state index contributed by atoms with van der Waals surface area (Å²) in [5.41, 5.74) is 3.96. The summed E-state index contributed by atoms with van der Waals surface area (Å²) in [7, 11) is 1.86. The average molecular weight is 346 g/mol. The van der Waals surface area contributed by atoms with Crippen LogP contribution in [0.25, 0.3) is 0 Å². The van der Waals surface area contributed by atoms with Crippen LogP contribution in [0.2, 0.25) is 0 Å². The van der Waals surface area contributed by atoms with E-state index in [9.17, 15) is 9.59 Å². The molecule has 2 aromatic heterocycles. The second kappa shape index (κ2) is 7.13. The van der Waals surface area contributed by atoms with Gasteiger partial charge in [-0.05, 0) is 47.1 Å². The highest BCUT2D eigenvalue weighted by Gasteiger charge is 2.25. The molecule has 0 aliphatic carbocycles. The van der Waals surface area contributed by atoms with Gasteiger partial charge in [0.25, 0.3) is 5.91 Å². The normalized spacial score (nSPS) is 12.3. The third-order valence-corrected chi connectivity index (χ3v) is 4.30. The van der Waals surface area contributed by atoms with Crippen LogP contribution in [0.3, 0.4) is 0 Å². The molecular weight excluding hydrogens is 320 g/mol. The summed E-state index contributed by atoms with van der Waals surface area (Å²) in [6.07, 6.45) is 1.53. The van der Waals surface area contributed by atoms with Gasteiger partial charge in [0.2, 0.25) is 0 Å². The van der Waals surface area contributed by atoms with Crippen molar-refractivity contribution in [3.8, 4) is 0 Å². The molecule has 0 aliphatic heterocycles. The van der Waals surface area contributed by atoms with Crippen molar-refractivity contribution < 1.29 is 14.3 Å². The van der Waals surface area contributed by atoms with Crippen molar-refractivity contribution in [3.05, 3.63) is 40.0 Å². The highest BCUT2D eigenvalue weighted by atomic mass is 16.5. The van der Waals surface area contributed by atoms with E-state index in [-0.39, 0.29) is 18.1 Å². The van der Waals surface area contributed by atoms with Gasteiger partial charge in [-0.15, -0.1) is 0 Å². The summed E-state index contributed by atoms with van der Waals surface area (Å²) in [4.78, 5) is 27.9. The van der Waals surface area contributed by atoms with Crippen molar-refractivity contribution in [2.45, 2.75) is 53.7 Å². The Morgan fingerprint density at radius 2 is 1.88 bits per heavy atom. The number of nitrogens with zero attached hydrogens (tertiary/aromatic N) is 2. The molecule has 0 radical (unpaired) electrons. The number of H-pyrrole nitrogens is 1. The molecule has 136 valence electrons. The molecular formula is C18H26N4O3. The Balaban J connectivity index is 2.23. The first-order valence-corrected chi connectivity index (χ1v) is 8.33. The zero-order valence-electron chi connectivity index (χ0n) is 15.9. The zero-order valence-corrected chi connectivity index (χ0v) is 15.9. The molecule has 2 rings (SSSR count). The minimum atomic E-state index is -0.420. The Morgan fingerprint density at radius 1 is 1.24 bits per heavy atom. The Morgan fingerprint density at radius 3 is 2.40 bits per heavy atom. The van der Waals surface area contributed by atoms with E-state index in [1.807, 2.05) is 20.9 Å². The average Bonchev–Trinajstić information content (AvgIpc) is 2.98. The summed E-state index contributed by atoms with van der Waals surface area (Å²) in [5.74, 6) is -0.684. The van der Waals surface area contributed by atoms with E-state index in [0.29, 0.717) is 22.5 Å². The lowest BCUT2D eigenvalue weighted by Gasteiger charge is -2.13. The van der Waals surface area contributed by atoms with Gasteiger partial charge in [-0.25, -0.2) is 4.79 Å². The number of carbonyl (C=O) groups excluding carboxylic acids is 2. The van der Waals surface area contributed by atoms with Crippen molar-refractivity contribution in [1.82, 2.24) is 20.1 Å². The van der Waals surface area contributed by atoms with Crippen LogP contribution in [0, 0.1) is 20.8 Å². The molecule has 0 aromatic carbocycles. The summed E-state index contributed by atoms with van der Waals surface area (Å²) >= 11 is 0. The van der Waals surface area contributed by atoms with Crippen LogP contribution in [-0.2, 0) is 11.8 Å². The van der Waals surface area contributed by atoms with Gasteiger partial charge in [0.1, 0.15) is 5.69 Å². The van der Waals surface area contributed by atoms with Gasteiger partial charge >= 0.3 is 5.97 Å². The lowest BCUT2D eigenvalue weighted by molar-refractivity contribution is 0.0376. The van der Waals surface area contributed by atoms with E-state index in [1.165, 1.54) is 0 Å². The summed E-state index contributed by atoms with van der Waals surface area (Å²) in [6.45, 7) is 10.9. The predicted molar refractivity (Wildman–Crippen MR) is 94.6 cm³/mol. The number of aromatic nitrogens is 3. The van der Waals surface area contributed by atoms with E-state index in [2.05, 4.69) is 15.4 Å². The summed E-state index contributed by atoms with van der Waals surface area (Å²) < 4.78 is 7.02. The van der Waals surface area contributed by atoms with Crippen molar-refractivity contribution in [2.75, 3.05) is 0 Å². The molecule has 0 aliphatic rings. The van der Waals surface area contributed by atoms with Gasteiger partial charge in [0.05, 0.1) is 23.9 Å². The summed E-state index contributed by atoms with van der Waals surface area (Å²) in [6, 6.07) is -0.199. The van der Waals surface area contributed by atoms with Gasteiger partial charge < -0.3 is 15.0 Å². The molecule has 0 saturated carbocycles. The quantitative estimate of drug-likeness (QED) is 0.815. The molecule has 25 heavy (non-hydrogen) atoms. The standard InChI is InChI=1S/C18H26N4O3/c1-9(2)25-18(24)15-10(3)16(20-12(15)5)17(23)21-11(4)14-8-19-22(7)13(14)6/h8-9,11,20H,1-7H3,(H,21,23)/t11-/m1/s1. The molecule has 1 amide bonds. The number of amides is 1. The molecule has 2 N–H and O–H groups in total. The summed E-state index contributed by atoms with van der Waals surface area (Å²) in [5, 5.41) is 7.15. The zero-order chi connectivity index (χ0) is 18.9. The number of rotatable bonds is 5. The minimum absolute atomic E-state index is 0.199. The second-order valence-corrected chi connectivity index (χ2v) is 6.58. The van der Waals surface area contributed by atoms with Crippen LogP contribution in [0.4, 0.5) is 0 Å². The van der Waals surface area contributed by atoms with Gasteiger partial charge in [0, 0.05) is 24.0 Å². The fourth-order valence-corrected chi connectivity index (χ4v) is 2.84. The smallest absolute Gasteiger partial charge is 0.340 e. The Bertz CT molecular complexity index is 802. The van der Waals surface area contributed by atoms with Crippen LogP contribution >= 0.6 is 0 Å². The second-order valence-electron chi connectivity index (χ2n) is 6.58. The molecule has 0 bridgehead atoms. The maximum absolute atomic E-state index is 12.7. The van der Waals surface area contributed by atoms with E-state index in [4.69, 9.17) is 4.74 Å². The topological polar surface area (TPSA) is 89.0 Å². The highest BCUT2D eigenvalue weighted by Crippen LogP contribution is 2.21. The van der Waals surface area contributed by atoms with Crippen LogP contribution in [0.5, 0.6) is 0 Å². The van der Waals surface area contributed by atoms with E-state index in [0.717, 1.165) is 11.3 Å². The van der Waals surface area contributed by atoms with Crippen molar-refractivity contribution in [1.29, 1.82) is 0 Å². The SMILES string of the molecule is Cc1[nH]c(C(=O)N[C@H](C)c2cnn(C)c2C)c(C)c1C(=O)OC(C)C. The molecule has 0 unspecified atom stereocenters. The lowest BCUT2D eigenvalue weighted by Crippen LogP contribution is -2.28. The number of ether oxygens (including phenoxy) is 1. The Kier molecular flexibility index (Phi) is 5.35. The van der Waals surface area contributed by atoms with Crippen LogP contribution in [0.1, 0.15) is 70.2 Å². The lowest BCUT2D eigenvalue weighted by atomic mass is 10.1. The molecule has 0 spiro atoms. The van der Waals surface area contributed by atoms with Crippen molar-refractivity contribution >= 4 is 11.9 Å². The number of hydrogen-bond acceptors (Lipinski definition) is 4. The maximum atomic E-state index is 12.7. The first-order chi connectivity index (χ1) is 11.6. The number of aromatic amines is 1. The molecule has 7 nitrogen and oxygen atoms in total. The highest BCUT2D eigenvalue weighted by molar-refractivity contribution is 6.00. The van der Waals surface area contributed by atoms with Gasteiger partial charge in [-0.2, -0.15) is 5.10 Å². The molecule has 1 atom stereocenters. The fraction of sp³-hybridized carbons (Fsp3) is 0.500. The molecule has 2 aromatic rings. The largest absolute Gasteiger partial charge is 0.459 e. The number of esters is 1. The van der Waals surface area contributed by atoms with E-state index in [1.54, 1.807) is 38.6 Å². The Labute approximate surface area is 147 Å². The Hall–Kier alpha value is -2.57. The maximum Gasteiger partial charge on any atom is 0.340 e. The molecule has 2 heterocycles. The van der Waals surface area contributed by atoms with E-state index < -0.39 is 5.97 Å². The van der Waals surface area contributed by atoms with E-state index >= 15 is 0 Å². The molecule has 7 heteroatoms. The first kappa shape index (κ1) is 18.8. The molecule has 0 fully saturated rings. The van der Waals surface area contributed by atoms with Crippen LogP contribution < -0.4 is 5.32 Å². The number of hydrogen-bond donors (Lipinski definition) is 2. The van der Waals surface area contributed by atoms with Gasteiger partial charge in [-0.1, -0.05) is 0 Å². The minimum Gasteiger partial charge on any atom is -0.459 e. The van der Waals surface area contributed by atoms with Crippen LogP contribution in [-0.4, -0.2) is 32.7 Å². The number of carbonyl (C=O) groups is 2. The predicted octanol–water partition coefficient (Wildman–Crippen LogP) is 2.73. The number of nitrogens with one attached hydrogen (secondary N) is 2. The third kappa shape index (κ3) is 3.75. The van der Waals surface area contributed by atoms with Crippen molar-refractivity contribution in [3.63, 3.8) is 0 Å². The van der Waals surface area contributed by atoms with Gasteiger partial charge in [0.15, 0.2) is 0 Å². The molecule has 0 saturated heterocycles. The number of aryl methyl sites for hydroxylation is 2. The van der Waals surface area contributed by atoms with Gasteiger partial charge in [-0.3, -0.25) is 9.48 Å².